The van der Waals surface area contributed by atoms with Gasteiger partial charge in [-0.3, -0.25) is 14.2 Å². The first-order valence-corrected chi connectivity index (χ1v) is 10.4. The number of amides is 1. The highest BCUT2D eigenvalue weighted by Gasteiger charge is 2.23. The van der Waals surface area contributed by atoms with Crippen LogP contribution in [0.4, 0.5) is 5.69 Å². The molecule has 0 aliphatic carbocycles. The van der Waals surface area contributed by atoms with Crippen LogP contribution in [0.2, 0.25) is 0 Å². The minimum atomic E-state index is -0.432. The number of rotatable bonds is 7. The molecule has 0 saturated carbocycles. The Labute approximate surface area is 183 Å². The van der Waals surface area contributed by atoms with Crippen LogP contribution < -0.4 is 5.32 Å². The van der Waals surface area contributed by atoms with Crippen LogP contribution in [0.3, 0.4) is 0 Å². The Morgan fingerprint density at radius 2 is 2.00 bits per heavy atom. The third-order valence-electron chi connectivity index (χ3n) is 4.95. The van der Waals surface area contributed by atoms with Gasteiger partial charge in [0.2, 0.25) is 5.91 Å². The van der Waals surface area contributed by atoms with E-state index in [2.05, 4.69) is 31.4 Å². The van der Waals surface area contributed by atoms with E-state index in [0.717, 1.165) is 15.7 Å². The fourth-order valence-electron chi connectivity index (χ4n) is 3.34. The van der Waals surface area contributed by atoms with Gasteiger partial charge in [0, 0.05) is 6.20 Å². The molecule has 0 spiro atoms. The van der Waals surface area contributed by atoms with Gasteiger partial charge >= 0.3 is 5.97 Å². The number of esters is 1. The molecular formula is C21H24BrN5O3. The van der Waals surface area contributed by atoms with Crippen molar-refractivity contribution in [2.75, 3.05) is 12.4 Å². The molecule has 9 heteroatoms. The number of anilines is 1. The van der Waals surface area contributed by atoms with E-state index in [-0.39, 0.29) is 5.91 Å². The highest BCUT2D eigenvalue weighted by molar-refractivity contribution is 9.10. The van der Waals surface area contributed by atoms with Gasteiger partial charge < -0.3 is 10.1 Å². The molecule has 0 fully saturated rings. The molecule has 2 aromatic heterocycles. The van der Waals surface area contributed by atoms with Crippen LogP contribution in [0.15, 0.2) is 41.1 Å². The van der Waals surface area contributed by atoms with E-state index in [9.17, 15) is 9.59 Å². The summed E-state index contributed by atoms with van der Waals surface area (Å²) in [6.07, 6.45) is 4.03. The molecule has 2 heterocycles. The maximum atomic E-state index is 12.9. The summed E-state index contributed by atoms with van der Waals surface area (Å²) in [5.41, 5.74) is 3.46. The molecule has 30 heavy (non-hydrogen) atoms. The minimum absolute atomic E-state index is 0.159. The second kappa shape index (κ2) is 9.25. The van der Waals surface area contributed by atoms with Gasteiger partial charge in [0.15, 0.2) is 0 Å². The predicted octanol–water partition coefficient (Wildman–Crippen LogP) is 3.88. The quantitative estimate of drug-likeness (QED) is 0.525. The Kier molecular flexibility index (Phi) is 6.71. The zero-order chi connectivity index (χ0) is 21.8. The fraction of sp³-hybridized carbons (Fsp3) is 0.333. The van der Waals surface area contributed by atoms with Crippen LogP contribution in [0.5, 0.6) is 0 Å². The summed E-state index contributed by atoms with van der Waals surface area (Å²) < 4.78 is 9.11. The van der Waals surface area contributed by atoms with Crippen LogP contribution in [0, 0.1) is 13.8 Å². The molecule has 0 aliphatic heterocycles. The first-order valence-electron chi connectivity index (χ1n) is 9.56. The van der Waals surface area contributed by atoms with Crippen LogP contribution in [0.25, 0.3) is 0 Å². The largest absolute Gasteiger partial charge is 0.465 e. The lowest BCUT2D eigenvalue weighted by atomic mass is 10.1. The number of carbonyl (C=O) groups is 2. The number of hydrogen-bond donors (Lipinski definition) is 1. The van der Waals surface area contributed by atoms with Gasteiger partial charge in [-0.05, 0) is 47.8 Å². The van der Waals surface area contributed by atoms with Crippen molar-refractivity contribution in [3.63, 3.8) is 0 Å². The Hall–Kier alpha value is -2.94. The number of hydrogen-bond acceptors (Lipinski definition) is 5. The maximum absolute atomic E-state index is 12.9. The summed E-state index contributed by atoms with van der Waals surface area (Å²) in [5.74, 6) is -0.550. The van der Waals surface area contributed by atoms with Crippen molar-refractivity contribution in [1.82, 2.24) is 19.6 Å². The SMILES string of the molecule is CCC(C(=O)Nc1c(C)nn(Cc2ccccc2C(=O)OC)c1C)n1cc(Br)cn1. The van der Waals surface area contributed by atoms with Gasteiger partial charge in [0.1, 0.15) is 6.04 Å². The van der Waals surface area contributed by atoms with E-state index in [0.29, 0.717) is 29.9 Å². The standard InChI is InChI=1S/C21H24BrN5O3/c1-5-18(27-12-16(22)10-23-27)20(28)24-19-13(2)25-26(14(19)3)11-15-8-6-7-9-17(15)21(29)30-4/h6-10,12,18H,5,11H2,1-4H3,(H,24,28). The van der Waals surface area contributed by atoms with E-state index < -0.39 is 12.0 Å². The molecule has 1 amide bonds. The molecule has 1 atom stereocenters. The van der Waals surface area contributed by atoms with Crippen LogP contribution in [0.1, 0.15) is 46.7 Å². The second-order valence-corrected chi connectivity index (χ2v) is 7.82. The first-order chi connectivity index (χ1) is 14.3. The molecule has 0 aliphatic rings. The number of methoxy groups -OCH3 is 1. The fourth-order valence-corrected chi connectivity index (χ4v) is 3.65. The smallest absolute Gasteiger partial charge is 0.338 e. The van der Waals surface area contributed by atoms with E-state index in [4.69, 9.17) is 4.74 Å². The van der Waals surface area contributed by atoms with Crippen molar-refractivity contribution in [3.8, 4) is 0 Å². The number of benzene rings is 1. The van der Waals surface area contributed by atoms with Crippen LogP contribution in [-0.4, -0.2) is 38.5 Å². The third kappa shape index (κ3) is 4.46. The summed E-state index contributed by atoms with van der Waals surface area (Å²) in [5, 5.41) is 11.8. The van der Waals surface area contributed by atoms with Crippen molar-refractivity contribution in [2.24, 2.45) is 0 Å². The van der Waals surface area contributed by atoms with Gasteiger partial charge in [0.25, 0.3) is 0 Å². The molecule has 3 aromatic rings. The number of halogens is 1. The molecule has 1 unspecified atom stereocenters. The Morgan fingerprint density at radius 1 is 1.27 bits per heavy atom. The lowest BCUT2D eigenvalue weighted by molar-refractivity contribution is -0.119. The van der Waals surface area contributed by atoms with Gasteiger partial charge in [-0.1, -0.05) is 25.1 Å². The van der Waals surface area contributed by atoms with Crippen LogP contribution in [-0.2, 0) is 16.1 Å². The van der Waals surface area contributed by atoms with Crippen molar-refractivity contribution in [2.45, 2.75) is 39.8 Å². The average molecular weight is 474 g/mol. The normalized spacial score (nSPS) is 11.9. The summed E-state index contributed by atoms with van der Waals surface area (Å²) in [4.78, 5) is 25.0. The number of ether oxygens (including phenoxy) is 1. The first kappa shape index (κ1) is 21.8. The number of nitrogens with one attached hydrogen (secondary N) is 1. The highest BCUT2D eigenvalue weighted by atomic mass is 79.9. The molecule has 158 valence electrons. The molecule has 0 saturated heterocycles. The maximum Gasteiger partial charge on any atom is 0.338 e. The number of aromatic nitrogens is 4. The monoisotopic (exact) mass is 473 g/mol. The Bertz CT molecular complexity index is 1070. The molecular weight excluding hydrogens is 450 g/mol. The lowest BCUT2D eigenvalue weighted by Gasteiger charge is -2.16. The van der Waals surface area contributed by atoms with Crippen LogP contribution >= 0.6 is 15.9 Å². The highest BCUT2D eigenvalue weighted by Crippen LogP contribution is 2.24. The van der Waals surface area contributed by atoms with Gasteiger partial charge in [-0.2, -0.15) is 10.2 Å². The van der Waals surface area contributed by atoms with E-state index in [1.54, 1.807) is 33.9 Å². The predicted molar refractivity (Wildman–Crippen MR) is 116 cm³/mol. The van der Waals surface area contributed by atoms with E-state index in [1.165, 1.54) is 7.11 Å². The average Bonchev–Trinajstić information content (AvgIpc) is 3.27. The summed E-state index contributed by atoms with van der Waals surface area (Å²) >= 11 is 3.36. The molecule has 0 radical (unpaired) electrons. The van der Waals surface area contributed by atoms with Crippen molar-refractivity contribution >= 4 is 33.5 Å². The number of carbonyl (C=O) groups excluding carboxylic acids is 2. The molecule has 3 rings (SSSR count). The number of nitrogens with zero attached hydrogens (tertiary/aromatic N) is 4. The molecule has 0 bridgehead atoms. The van der Waals surface area contributed by atoms with E-state index in [1.807, 2.05) is 32.9 Å². The van der Waals surface area contributed by atoms with Gasteiger partial charge in [-0.15, -0.1) is 0 Å². The van der Waals surface area contributed by atoms with Crippen molar-refractivity contribution in [3.05, 3.63) is 63.6 Å². The topological polar surface area (TPSA) is 91.0 Å². The Morgan fingerprint density at radius 3 is 2.63 bits per heavy atom. The zero-order valence-electron chi connectivity index (χ0n) is 17.3. The molecule has 1 aromatic carbocycles. The molecule has 8 nitrogen and oxygen atoms in total. The third-order valence-corrected chi connectivity index (χ3v) is 5.36. The summed E-state index contributed by atoms with van der Waals surface area (Å²) in [6, 6.07) is 6.82. The van der Waals surface area contributed by atoms with Crippen molar-refractivity contribution < 1.29 is 14.3 Å². The Balaban J connectivity index is 1.84. The molecule has 1 N–H and O–H groups in total. The lowest BCUT2D eigenvalue weighted by Crippen LogP contribution is -2.26. The van der Waals surface area contributed by atoms with E-state index >= 15 is 0 Å². The number of aryl methyl sites for hydroxylation is 1. The minimum Gasteiger partial charge on any atom is -0.465 e. The summed E-state index contributed by atoms with van der Waals surface area (Å²) in [7, 11) is 1.36. The van der Waals surface area contributed by atoms with Crippen molar-refractivity contribution in [1.29, 1.82) is 0 Å². The van der Waals surface area contributed by atoms with Gasteiger partial charge in [0.05, 0.1) is 47.0 Å². The second-order valence-electron chi connectivity index (χ2n) is 6.90. The van der Waals surface area contributed by atoms with Gasteiger partial charge in [-0.25, -0.2) is 4.79 Å². The zero-order valence-corrected chi connectivity index (χ0v) is 18.9. The summed E-state index contributed by atoms with van der Waals surface area (Å²) in [6.45, 7) is 6.06.